The van der Waals surface area contributed by atoms with E-state index < -0.39 is 8.32 Å². The van der Waals surface area contributed by atoms with E-state index >= 15 is 0 Å². The maximum atomic E-state index is 10.3. The van der Waals surface area contributed by atoms with Crippen molar-refractivity contribution in [3.05, 3.63) is 6.08 Å². The molecule has 94 valence electrons. The van der Waals surface area contributed by atoms with Gasteiger partial charge in [0.25, 0.3) is 0 Å². The normalized spacial score (nSPS) is 13.2. The molecule has 3 heteroatoms. The summed E-state index contributed by atoms with van der Waals surface area (Å²) in [5, 5.41) is 0. The van der Waals surface area contributed by atoms with E-state index in [0.29, 0.717) is 0 Å². The van der Waals surface area contributed by atoms with Crippen molar-refractivity contribution in [2.75, 3.05) is 0 Å². The molecule has 0 fully saturated rings. The lowest BCUT2D eigenvalue weighted by Crippen LogP contribution is -2.39. The van der Waals surface area contributed by atoms with Gasteiger partial charge in [-0.2, -0.15) is 0 Å². The molecule has 0 amide bonds. The number of hydrogen-bond acceptors (Lipinski definition) is 2. The molecule has 0 saturated carbocycles. The molecule has 0 aromatic rings. The van der Waals surface area contributed by atoms with Gasteiger partial charge in [0.2, 0.25) is 0 Å². The van der Waals surface area contributed by atoms with Crippen molar-refractivity contribution in [2.24, 2.45) is 0 Å². The van der Waals surface area contributed by atoms with Gasteiger partial charge in [0.05, 0.1) is 0 Å². The zero-order valence-corrected chi connectivity index (χ0v) is 12.2. The monoisotopic (exact) mass is 242 g/mol. The van der Waals surface area contributed by atoms with Crippen molar-refractivity contribution in [3.63, 3.8) is 0 Å². The van der Waals surface area contributed by atoms with Crippen LogP contribution in [-0.4, -0.2) is 20.4 Å². The first-order valence-electron chi connectivity index (χ1n) is 6.55. The molecule has 0 saturated heterocycles. The third-order valence-electron chi connectivity index (χ3n) is 3.42. The standard InChI is InChI=1S/C13H26O2Si/c1-5-10-13(11-9-12-14)15-16(6-2,7-3)8-4/h9,13H,5-8,10-11H2,1-4H3. The molecule has 16 heavy (non-hydrogen) atoms. The lowest BCUT2D eigenvalue weighted by Gasteiger charge is -2.32. The summed E-state index contributed by atoms with van der Waals surface area (Å²) >= 11 is 0. The molecule has 0 bridgehead atoms. The molecule has 1 unspecified atom stereocenters. The highest BCUT2D eigenvalue weighted by molar-refractivity contribution is 6.73. The molecule has 0 aliphatic carbocycles. The fourth-order valence-corrected chi connectivity index (χ4v) is 5.00. The number of rotatable bonds is 9. The Bertz CT molecular complexity index is 210. The summed E-state index contributed by atoms with van der Waals surface area (Å²) in [5.41, 5.74) is 0. The third-order valence-corrected chi connectivity index (χ3v) is 8.12. The molecule has 0 aliphatic rings. The van der Waals surface area contributed by atoms with Crippen LogP contribution in [0.2, 0.25) is 18.1 Å². The van der Waals surface area contributed by atoms with Gasteiger partial charge in [-0.15, -0.1) is 0 Å². The first kappa shape index (κ1) is 15.6. The summed E-state index contributed by atoms with van der Waals surface area (Å²) in [5.74, 6) is 1.86. The summed E-state index contributed by atoms with van der Waals surface area (Å²) in [4.78, 5) is 10.3. The van der Waals surface area contributed by atoms with Crippen LogP contribution in [-0.2, 0) is 9.22 Å². The SMILES string of the molecule is CCCC(CC=C=O)O[Si](CC)(CC)CC. The zero-order valence-electron chi connectivity index (χ0n) is 11.2. The molecule has 0 spiro atoms. The summed E-state index contributed by atoms with van der Waals surface area (Å²) in [6.45, 7) is 8.86. The average molecular weight is 242 g/mol. The van der Waals surface area contributed by atoms with Gasteiger partial charge in [-0.25, -0.2) is 4.79 Å². The van der Waals surface area contributed by atoms with Crippen LogP contribution in [0.25, 0.3) is 0 Å². The second-order valence-corrected chi connectivity index (χ2v) is 9.05. The number of carbonyl (C=O) groups excluding carboxylic acids is 1. The molecule has 0 rings (SSSR count). The third kappa shape index (κ3) is 5.11. The van der Waals surface area contributed by atoms with E-state index in [1.54, 1.807) is 6.08 Å². The number of hydrogen-bond donors (Lipinski definition) is 0. The van der Waals surface area contributed by atoms with Crippen LogP contribution in [0.1, 0.15) is 47.0 Å². The lowest BCUT2D eigenvalue weighted by molar-refractivity contribution is 0.178. The predicted molar refractivity (Wildman–Crippen MR) is 71.9 cm³/mol. The Balaban J connectivity index is 4.48. The molecule has 0 N–H and O–H groups in total. The van der Waals surface area contributed by atoms with Gasteiger partial charge in [-0.1, -0.05) is 34.1 Å². The Morgan fingerprint density at radius 2 is 1.75 bits per heavy atom. The topological polar surface area (TPSA) is 26.3 Å². The van der Waals surface area contributed by atoms with Crippen LogP contribution in [0.15, 0.2) is 6.08 Å². The van der Waals surface area contributed by atoms with Gasteiger partial charge >= 0.3 is 0 Å². The maximum absolute atomic E-state index is 10.3. The first-order valence-corrected chi connectivity index (χ1v) is 9.08. The molecule has 1 atom stereocenters. The summed E-state index contributed by atoms with van der Waals surface area (Å²) in [6.07, 6.45) is 4.69. The fraction of sp³-hybridized carbons (Fsp3) is 0.846. The van der Waals surface area contributed by atoms with Crippen LogP contribution >= 0.6 is 0 Å². The molecule has 0 aromatic carbocycles. The van der Waals surface area contributed by atoms with Crippen molar-refractivity contribution in [1.82, 2.24) is 0 Å². The Morgan fingerprint density at radius 1 is 1.19 bits per heavy atom. The van der Waals surface area contributed by atoms with Crippen LogP contribution < -0.4 is 0 Å². The molecule has 0 radical (unpaired) electrons. The average Bonchev–Trinajstić information content (AvgIpc) is 2.33. The van der Waals surface area contributed by atoms with Crippen LogP contribution in [0.3, 0.4) is 0 Å². The summed E-state index contributed by atoms with van der Waals surface area (Å²) < 4.78 is 6.36. The molecular weight excluding hydrogens is 216 g/mol. The second kappa shape index (κ2) is 8.74. The first-order chi connectivity index (χ1) is 7.67. The summed E-state index contributed by atoms with van der Waals surface area (Å²) in [6, 6.07) is 3.51. The fourth-order valence-electron chi connectivity index (χ4n) is 2.08. The van der Waals surface area contributed by atoms with Gasteiger partial charge in [0.1, 0.15) is 5.94 Å². The zero-order chi connectivity index (χ0) is 12.4. The minimum atomic E-state index is -1.52. The van der Waals surface area contributed by atoms with Gasteiger partial charge in [0, 0.05) is 18.6 Å². The summed E-state index contributed by atoms with van der Waals surface area (Å²) in [7, 11) is -1.52. The van der Waals surface area contributed by atoms with Crippen molar-refractivity contribution < 1.29 is 9.22 Å². The van der Waals surface area contributed by atoms with Gasteiger partial charge in [0.15, 0.2) is 8.32 Å². The van der Waals surface area contributed by atoms with E-state index in [-0.39, 0.29) is 6.10 Å². The Kier molecular flexibility index (Phi) is 8.54. The molecule has 2 nitrogen and oxygen atoms in total. The van der Waals surface area contributed by atoms with Crippen molar-refractivity contribution in [2.45, 2.75) is 71.2 Å². The van der Waals surface area contributed by atoms with E-state index in [2.05, 4.69) is 27.7 Å². The Morgan fingerprint density at radius 3 is 2.12 bits per heavy atom. The molecule has 0 heterocycles. The minimum absolute atomic E-state index is 0.234. The van der Waals surface area contributed by atoms with Crippen LogP contribution in [0.4, 0.5) is 0 Å². The molecule has 0 aliphatic heterocycles. The van der Waals surface area contributed by atoms with Gasteiger partial charge in [-0.05, 0) is 24.6 Å². The lowest BCUT2D eigenvalue weighted by atomic mass is 10.1. The van der Waals surface area contributed by atoms with E-state index in [4.69, 9.17) is 4.43 Å². The quantitative estimate of drug-likeness (QED) is 0.452. The Hall–Kier alpha value is -0.373. The van der Waals surface area contributed by atoms with Crippen molar-refractivity contribution >= 4 is 14.3 Å². The van der Waals surface area contributed by atoms with Gasteiger partial charge in [-0.3, -0.25) is 0 Å². The van der Waals surface area contributed by atoms with Crippen molar-refractivity contribution in [3.8, 4) is 0 Å². The highest BCUT2D eigenvalue weighted by atomic mass is 28.4. The van der Waals surface area contributed by atoms with E-state index in [1.807, 2.05) is 5.94 Å². The highest BCUT2D eigenvalue weighted by Crippen LogP contribution is 2.25. The van der Waals surface area contributed by atoms with E-state index in [0.717, 1.165) is 19.3 Å². The van der Waals surface area contributed by atoms with E-state index in [9.17, 15) is 4.79 Å². The van der Waals surface area contributed by atoms with Crippen LogP contribution in [0, 0.1) is 0 Å². The van der Waals surface area contributed by atoms with E-state index in [1.165, 1.54) is 18.1 Å². The molecule has 0 aromatic heterocycles. The van der Waals surface area contributed by atoms with Gasteiger partial charge < -0.3 is 4.43 Å². The smallest absolute Gasteiger partial charge is 0.192 e. The largest absolute Gasteiger partial charge is 0.414 e. The second-order valence-electron chi connectivity index (χ2n) is 4.33. The minimum Gasteiger partial charge on any atom is -0.414 e. The molecular formula is C13H26O2Si. The maximum Gasteiger partial charge on any atom is 0.192 e. The van der Waals surface area contributed by atoms with Crippen molar-refractivity contribution in [1.29, 1.82) is 0 Å². The van der Waals surface area contributed by atoms with Crippen LogP contribution in [0.5, 0.6) is 0 Å². The highest BCUT2D eigenvalue weighted by Gasteiger charge is 2.31. The predicted octanol–water partition coefficient (Wildman–Crippen LogP) is 3.95. The Labute approximate surface area is 101 Å².